The summed E-state index contributed by atoms with van der Waals surface area (Å²) in [5.41, 5.74) is 0. The second-order valence-electron chi connectivity index (χ2n) is 5.62. The fourth-order valence-corrected chi connectivity index (χ4v) is 3.19. The molecule has 0 atom stereocenters. The van der Waals surface area contributed by atoms with Crippen molar-refractivity contribution in [2.24, 2.45) is 10.9 Å². The zero-order chi connectivity index (χ0) is 16.2. The molecule has 2 rings (SSSR count). The number of aliphatic imine (C=N–C) groups is 1. The van der Waals surface area contributed by atoms with Gasteiger partial charge in [0.2, 0.25) is 5.96 Å². The molecule has 22 heavy (non-hydrogen) atoms. The topological polar surface area (TPSA) is 73.8 Å². The molecule has 0 bridgehead atoms. The van der Waals surface area contributed by atoms with Crippen LogP contribution in [0, 0.1) is 5.92 Å². The number of benzene rings is 1. The smallest absolute Gasteiger partial charge is 0.264 e. The van der Waals surface area contributed by atoms with Crippen molar-refractivity contribution in [3.63, 3.8) is 0 Å². The van der Waals surface area contributed by atoms with E-state index in [1.807, 2.05) is 0 Å². The molecule has 0 saturated heterocycles. The van der Waals surface area contributed by atoms with Gasteiger partial charge in [0.1, 0.15) is 0 Å². The summed E-state index contributed by atoms with van der Waals surface area (Å²) < 4.78 is 27.8. The molecule has 0 aromatic heterocycles. The highest BCUT2D eigenvalue weighted by Crippen LogP contribution is 2.14. The van der Waals surface area contributed by atoms with Crippen LogP contribution in [0.2, 0.25) is 0 Å². The van der Waals surface area contributed by atoms with Gasteiger partial charge in [0, 0.05) is 11.0 Å². The van der Waals surface area contributed by atoms with Gasteiger partial charge in [0.25, 0.3) is 10.0 Å². The quantitative estimate of drug-likeness (QED) is 0.808. The lowest BCUT2D eigenvalue weighted by atomic mass is 10.1. The van der Waals surface area contributed by atoms with E-state index in [4.69, 9.17) is 0 Å². The van der Waals surface area contributed by atoms with Gasteiger partial charge in [-0.05, 0) is 36.6 Å². The average molecular weight is 389 g/mol. The van der Waals surface area contributed by atoms with E-state index in [-0.39, 0.29) is 4.90 Å². The third-order valence-corrected chi connectivity index (χ3v) is 5.16. The Balaban J connectivity index is 1.95. The molecule has 0 unspecified atom stereocenters. The Bertz CT molecular complexity index is 629. The van der Waals surface area contributed by atoms with Crippen LogP contribution in [0.25, 0.3) is 0 Å². The van der Waals surface area contributed by atoms with Crippen molar-refractivity contribution in [1.82, 2.24) is 14.9 Å². The van der Waals surface area contributed by atoms with Gasteiger partial charge in [-0.15, -0.1) is 0 Å². The molecule has 0 saturated carbocycles. The molecule has 1 aliphatic rings. The van der Waals surface area contributed by atoms with Crippen LogP contribution in [0.15, 0.2) is 38.6 Å². The zero-order valence-corrected chi connectivity index (χ0v) is 15.1. The lowest BCUT2D eigenvalue weighted by Crippen LogP contribution is -2.50. The van der Waals surface area contributed by atoms with Crippen LogP contribution < -0.4 is 10.0 Å². The van der Waals surface area contributed by atoms with Gasteiger partial charge in [-0.25, -0.2) is 18.1 Å². The number of halogens is 1. The lowest BCUT2D eigenvalue weighted by molar-refractivity contribution is 0.248. The van der Waals surface area contributed by atoms with Crippen molar-refractivity contribution in [3.05, 3.63) is 28.7 Å². The van der Waals surface area contributed by atoms with Gasteiger partial charge in [-0.2, -0.15) is 0 Å². The first-order valence-corrected chi connectivity index (χ1v) is 9.43. The minimum absolute atomic E-state index is 0.211. The fraction of sp³-hybridized carbons (Fsp3) is 0.500. The Hall–Kier alpha value is -1.12. The molecule has 1 aromatic rings. The van der Waals surface area contributed by atoms with Crippen molar-refractivity contribution in [2.75, 3.05) is 19.9 Å². The van der Waals surface area contributed by atoms with Crippen LogP contribution in [0.1, 0.15) is 20.3 Å². The van der Waals surface area contributed by atoms with E-state index in [2.05, 4.69) is 49.7 Å². The molecule has 2 N–H and O–H groups in total. The maximum absolute atomic E-state index is 12.2. The standard InChI is InChI=1S/C14H21BrN4O2S/c1-11(2)7-8-19-9-16-14(17-10-19)18-22(20,21)13-5-3-12(15)4-6-13/h3-6,11H,7-10H2,1-2H3,(H2,16,17,18). The van der Waals surface area contributed by atoms with E-state index in [1.54, 1.807) is 24.3 Å². The SMILES string of the molecule is CC(C)CCN1CN=C(NS(=O)(=O)c2ccc(Br)cc2)NC1. The number of nitrogens with zero attached hydrogens (tertiary/aromatic N) is 2. The maximum atomic E-state index is 12.2. The van der Waals surface area contributed by atoms with Gasteiger partial charge < -0.3 is 5.32 Å². The number of guanidine groups is 1. The Morgan fingerprint density at radius 2 is 2.05 bits per heavy atom. The van der Waals surface area contributed by atoms with E-state index >= 15 is 0 Å². The van der Waals surface area contributed by atoms with Crippen LogP contribution in [-0.2, 0) is 10.0 Å². The second kappa shape index (κ2) is 7.43. The van der Waals surface area contributed by atoms with E-state index in [1.165, 1.54) is 0 Å². The lowest BCUT2D eigenvalue weighted by Gasteiger charge is -2.27. The molecule has 0 amide bonds. The highest BCUT2D eigenvalue weighted by Gasteiger charge is 2.19. The van der Waals surface area contributed by atoms with Crippen molar-refractivity contribution < 1.29 is 8.42 Å². The third-order valence-electron chi connectivity index (χ3n) is 3.28. The molecular formula is C14H21BrN4O2S. The number of nitrogens with one attached hydrogen (secondary N) is 2. The molecule has 0 aliphatic carbocycles. The van der Waals surface area contributed by atoms with Crippen LogP contribution in [0.4, 0.5) is 0 Å². The van der Waals surface area contributed by atoms with E-state index in [0.29, 0.717) is 25.2 Å². The monoisotopic (exact) mass is 388 g/mol. The Morgan fingerprint density at radius 1 is 1.36 bits per heavy atom. The maximum Gasteiger partial charge on any atom is 0.264 e. The zero-order valence-electron chi connectivity index (χ0n) is 12.7. The highest BCUT2D eigenvalue weighted by molar-refractivity contribution is 9.10. The molecule has 8 heteroatoms. The third kappa shape index (κ3) is 4.96. The molecule has 6 nitrogen and oxygen atoms in total. The summed E-state index contributed by atoms with van der Waals surface area (Å²) >= 11 is 3.29. The molecule has 122 valence electrons. The Labute approximate surface area is 140 Å². The first kappa shape index (κ1) is 17.2. The first-order chi connectivity index (χ1) is 10.4. The van der Waals surface area contributed by atoms with Gasteiger partial charge in [-0.1, -0.05) is 29.8 Å². The van der Waals surface area contributed by atoms with Crippen LogP contribution in [-0.4, -0.2) is 39.2 Å². The molecule has 0 spiro atoms. The minimum atomic E-state index is -3.60. The summed E-state index contributed by atoms with van der Waals surface area (Å²) in [5, 5.41) is 3.01. The highest BCUT2D eigenvalue weighted by atomic mass is 79.9. The summed E-state index contributed by atoms with van der Waals surface area (Å²) in [7, 11) is -3.60. The Kier molecular flexibility index (Phi) is 5.82. The summed E-state index contributed by atoms with van der Waals surface area (Å²) in [4.78, 5) is 6.60. The van der Waals surface area contributed by atoms with Crippen LogP contribution in [0.3, 0.4) is 0 Å². The van der Waals surface area contributed by atoms with E-state index < -0.39 is 10.0 Å². The van der Waals surface area contributed by atoms with E-state index in [0.717, 1.165) is 17.4 Å². The largest absolute Gasteiger partial charge is 0.343 e. The number of sulfonamides is 1. The summed E-state index contributed by atoms with van der Waals surface area (Å²) in [5.74, 6) is 0.935. The van der Waals surface area contributed by atoms with Crippen LogP contribution in [0.5, 0.6) is 0 Å². The first-order valence-electron chi connectivity index (χ1n) is 7.16. The van der Waals surface area contributed by atoms with Crippen LogP contribution >= 0.6 is 15.9 Å². The summed E-state index contributed by atoms with van der Waals surface area (Å²) in [6.45, 7) is 6.39. The normalized spacial score (nSPS) is 16.3. The molecule has 1 aromatic carbocycles. The van der Waals surface area contributed by atoms with Crippen molar-refractivity contribution in [1.29, 1.82) is 0 Å². The predicted molar refractivity (Wildman–Crippen MR) is 90.9 cm³/mol. The number of rotatable bonds is 5. The van der Waals surface area contributed by atoms with Gasteiger partial charge in [0.05, 0.1) is 18.2 Å². The second-order valence-corrected chi connectivity index (χ2v) is 8.22. The van der Waals surface area contributed by atoms with Crippen molar-refractivity contribution in [3.8, 4) is 0 Å². The number of hydrogen-bond donors (Lipinski definition) is 2. The molecule has 1 heterocycles. The molecule has 0 radical (unpaired) electrons. The van der Waals surface area contributed by atoms with Gasteiger partial charge >= 0.3 is 0 Å². The number of hydrogen-bond acceptors (Lipinski definition) is 5. The predicted octanol–water partition coefficient (Wildman–Crippen LogP) is 1.95. The summed E-state index contributed by atoms with van der Waals surface area (Å²) in [6, 6.07) is 6.48. The molecular weight excluding hydrogens is 368 g/mol. The van der Waals surface area contributed by atoms with Gasteiger partial charge in [0.15, 0.2) is 0 Å². The minimum Gasteiger partial charge on any atom is -0.343 e. The summed E-state index contributed by atoms with van der Waals surface area (Å²) in [6.07, 6.45) is 1.09. The fourth-order valence-electron chi connectivity index (χ4n) is 1.92. The van der Waals surface area contributed by atoms with E-state index in [9.17, 15) is 8.42 Å². The van der Waals surface area contributed by atoms with Crippen molar-refractivity contribution in [2.45, 2.75) is 25.2 Å². The average Bonchev–Trinajstić information content (AvgIpc) is 2.46. The Morgan fingerprint density at radius 3 is 2.59 bits per heavy atom. The molecule has 0 fully saturated rings. The van der Waals surface area contributed by atoms with Gasteiger partial charge in [-0.3, -0.25) is 4.90 Å². The van der Waals surface area contributed by atoms with Crippen molar-refractivity contribution >= 4 is 31.9 Å². The molecule has 1 aliphatic heterocycles.